The number of hydrogen-bond acceptors (Lipinski definition) is 3. The zero-order valence-electron chi connectivity index (χ0n) is 9.33. The molecule has 0 atom stereocenters. The van der Waals surface area contributed by atoms with Crippen LogP contribution in [0.15, 0.2) is 12.1 Å². The van der Waals surface area contributed by atoms with Gasteiger partial charge in [-0.1, -0.05) is 6.07 Å². The van der Waals surface area contributed by atoms with E-state index in [4.69, 9.17) is 0 Å². The second kappa shape index (κ2) is 3.25. The van der Waals surface area contributed by atoms with Crippen LogP contribution in [0.25, 0.3) is 0 Å². The fourth-order valence-corrected chi connectivity index (χ4v) is 2.23. The van der Waals surface area contributed by atoms with Gasteiger partial charge in [0, 0.05) is 11.2 Å². The molecule has 15 heavy (non-hydrogen) atoms. The Morgan fingerprint density at radius 1 is 1.33 bits per heavy atom. The minimum absolute atomic E-state index is 0.000231. The summed E-state index contributed by atoms with van der Waals surface area (Å²) in [5.41, 5.74) is 3.73. The molecule has 0 amide bonds. The van der Waals surface area contributed by atoms with Gasteiger partial charge in [0.15, 0.2) is 0 Å². The fraction of sp³-hybridized carbons (Fsp3) is 0.455. The van der Waals surface area contributed by atoms with Crippen LogP contribution in [0.2, 0.25) is 0 Å². The van der Waals surface area contributed by atoms with Gasteiger partial charge >= 0.3 is 7.12 Å². The van der Waals surface area contributed by atoms with Gasteiger partial charge in [-0.2, -0.15) is 0 Å². The largest absolute Gasteiger partial charge is 0.488 e. The summed E-state index contributed by atoms with van der Waals surface area (Å²) in [5.74, 6) is 0. The van der Waals surface area contributed by atoms with Crippen molar-refractivity contribution >= 4 is 18.3 Å². The quantitative estimate of drug-likeness (QED) is 0.582. The Bertz CT molecular complexity index is 402. The Morgan fingerprint density at radius 2 is 2.00 bits per heavy atom. The van der Waals surface area contributed by atoms with E-state index < -0.39 is 7.12 Å². The minimum atomic E-state index is -1.38. The molecule has 1 aromatic carbocycles. The van der Waals surface area contributed by atoms with Crippen molar-refractivity contribution in [1.29, 1.82) is 0 Å². The highest BCUT2D eigenvalue weighted by Gasteiger charge is 2.31. The van der Waals surface area contributed by atoms with Gasteiger partial charge in [-0.25, -0.2) is 0 Å². The molecule has 0 spiro atoms. The Labute approximate surface area is 90.3 Å². The van der Waals surface area contributed by atoms with E-state index >= 15 is 0 Å². The summed E-state index contributed by atoms with van der Waals surface area (Å²) < 4.78 is 0. The second-order valence-electron chi connectivity index (χ2n) is 4.94. The normalized spacial score (nSPS) is 17.1. The van der Waals surface area contributed by atoms with Crippen LogP contribution in [0, 0.1) is 6.92 Å². The minimum Gasteiger partial charge on any atom is -0.423 e. The molecule has 0 radical (unpaired) electrons. The number of fused-ring (bicyclic) bond motifs is 1. The first-order valence-electron chi connectivity index (χ1n) is 5.17. The smallest absolute Gasteiger partial charge is 0.423 e. The first-order valence-corrected chi connectivity index (χ1v) is 5.17. The number of hydrogen-bond donors (Lipinski definition) is 3. The van der Waals surface area contributed by atoms with E-state index in [2.05, 4.69) is 25.2 Å². The van der Waals surface area contributed by atoms with E-state index in [1.165, 1.54) is 0 Å². The predicted molar refractivity (Wildman–Crippen MR) is 62.4 cm³/mol. The standard InChI is InChI=1S/C11H16BNO2/c1-7-4-9(12(14)15)8-6-11(2,3)13-10(8)5-7/h4-5,13-15H,6H2,1-3H3. The third-order valence-corrected chi connectivity index (χ3v) is 2.80. The second-order valence-corrected chi connectivity index (χ2v) is 4.94. The monoisotopic (exact) mass is 205 g/mol. The van der Waals surface area contributed by atoms with Gasteiger partial charge in [0.1, 0.15) is 0 Å². The zero-order valence-corrected chi connectivity index (χ0v) is 9.33. The molecule has 0 saturated carbocycles. The van der Waals surface area contributed by atoms with Crippen LogP contribution in [0.5, 0.6) is 0 Å². The molecule has 1 aliphatic heterocycles. The Hall–Kier alpha value is -0.995. The van der Waals surface area contributed by atoms with Crippen molar-refractivity contribution in [2.45, 2.75) is 32.7 Å². The SMILES string of the molecule is Cc1cc2c(c(B(O)O)c1)CC(C)(C)N2. The van der Waals surface area contributed by atoms with Crippen LogP contribution in [-0.2, 0) is 6.42 Å². The van der Waals surface area contributed by atoms with Crippen LogP contribution in [-0.4, -0.2) is 22.7 Å². The van der Waals surface area contributed by atoms with E-state index in [1.807, 2.05) is 13.0 Å². The Morgan fingerprint density at radius 3 is 2.60 bits per heavy atom. The summed E-state index contributed by atoms with van der Waals surface area (Å²) in [6.07, 6.45) is 0.829. The lowest BCUT2D eigenvalue weighted by molar-refractivity contribution is 0.425. The first-order chi connectivity index (χ1) is 6.89. The molecule has 0 unspecified atom stereocenters. The van der Waals surface area contributed by atoms with Gasteiger partial charge in [0.25, 0.3) is 0 Å². The number of nitrogens with one attached hydrogen (secondary N) is 1. The van der Waals surface area contributed by atoms with Crippen molar-refractivity contribution in [3.8, 4) is 0 Å². The molecule has 3 N–H and O–H groups in total. The summed E-state index contributed by atoms with van der Waals surface area (Å²) in [7, 11) is -1.38. The predicted octanol–water partition coefficient (Wildman–Crippen LogP) is 0.421. The molecule has 1 aliphatic rings. The fourth-order valence-electron chi connectivity index (χ4n) is 2.23. The van der Waals surface area contributed by atoms with Crippen LogP contribution in [0.3, 0.4) is 0 Å². The number of anilines is 1. The summed E-state index contributed by atoms with van der Waals surface area (Å²) in [4.78, 5) is 0. The van der Waals surface area contributed by atoms with Crippen molar-refractivity contribution in [3.05, 3.63) is 23.3 Å². The number of benzene rings is 1. The average molecular weight is 205 g/mol. The first kappa shape index (κ1) is 10.5. The van der Waals surface area contributed by atoms with Crippen LogP contribution < -0.4 is 10.8 Å². The summed E-state index contributed by atoms with van der Waals surface area (Å²) in [6.45, 7) is 6.17. The van der Waals surface area contributed by atoms with E-state index in [1.54, 1.807) is 0 Å². The number of aryl methyl sites for hydroxylation is 1. The molecule has 1 heterocycles. The molecule has 0 aromatic heterocycles. The summed E-state index contributed by atoms with van der Waals surface area (Å²) in [5, 5.41) is 22.0. The highest BCUT2D eigenvalue weighted by Crippen LogP contribution is 2.31. The molecule has 3 nitrogen and oxygen atoms in total. The van der Waals surface area contributed by atoms with Gasteiger partial charge in [-0.15, -0.1) is 0 Å². The topological polar surface area (TPSA) is 52.5 Å². The molecule has 80 valence electrons. The van der Waals surface area contributed by atoms with Crippen molar-refractivity contribution in [3.63, 3.8) is 0 Å². The molecule has 0 fully saturated rings. The lowest BCUT2D eigenvalue weighted by Crippen LogP contribution is -2.34. The Balaban J connectivity index is 2.53. The molecule has 0 bridgehead atoms. The highest BCUT2D eigenvalue weighted by atomic mass is 16.4. The maximum absolute atomic E-state index is 9.31. The van der Waals surface area contributed by atoms with E-state index in [9.17, 15) is 10.0 Å². The van der Waals surface area contributed by atoms with Crippen molar-refractivity contribution in [2.24, 2.45) is 0 Å². The zero-order chi connectivity index (χ0) is 11.2. The van der Waals surface area contributed by atoms with Crippen molar-refractivity contribution in [2.75, 3.05) is 5.32 Å². The average Bonchev–Trinajstić information content (AvgIpc) is 2.36. The molecular weight excluding hydrogens is 189 g/mol. The molecule has 4 heteroatoms. The number of rotatable bonds is 1. The molecule has 0 saturated heterocycles. The highest BCUT2D eigenvalue weighted by molar-refractivity contribution is 6.59. The molecular formula is C11H16BNO2. The third-order valence-electron chi connectivity index (χ3n) is 2.80. The molecule has 2 rings (SSSR count). The van der Waals surface area contributed by atoms with E-state index in [0.29, 0.717) is 5.46 Å². The lowest BCUT2D eigenvalue weighted by Gasteiger charge is -2.17. The lowest BCUT2D eigenvalue weighted by atomic mass is 9.74. The molecule has 0 aliphatic carbocycles. The summed E-state index contributed by atoms with van der Waals surface area (Å²) in [6, 6.07) is 3.89. The summed E-state index contributed by atoms with van der Waals surface area (Å²) >= 11 is 0. The van der Waals surface area contributed by atoms with Gasteiger partial charge < -0.3 is 15.4 Å². The van der Waals surface area contributed by atoms with Crippen LogP contribution >= 0.6 is 0 Å². The Kier molecular flexibility index (Phi) is 2.28. The van der Waals surface area contributed by atoms with E-state index in [-0.39, 0.29) is 5.54 Å². The molecule has 1 aromatic rings. The van der Waals surface area contributed by atoms with Crippen molar-refractivity contribution < 1.29 is 10.0 Å². The van der Waals surface area contributed by atoms with Gasteiger partial charge in [0.2, 0.25) is 0 Å². The van der Waals surface area contributed by atoms with Crippen LogP contribution in [0.4, 0.5) is 5.69 Å². The van der Waals surface area contributed by atoms with Crippen LogP contribution in [0.1, 0.15) is 25.0 Å². The maximum atomic E-state index is 9.31. The van der Waals surface area contributed by atoms with Gasteiger partial charge in [0.05, 0.1) is 0 Å². The van der Waals surface area contributed by atoms with Crippen molar-refractivity contribution in [1.82, 2.24) is 0 Å². The maximum Gasteiger partial charge on any atom is 0.488 e. The van der Waals surface area contributed by atoms with Gasteiger partial charge in [-0.3, -0.25) is 0 Å². The third kappa shape index (κ3) is 1.87. The van der Waals surface area contributed by atoms with E-state index in [0.717, 1.165) is 23.2 Å². The van der Waals surface area contributed by atoms with Gasteiger partial charge in [-0.05, 0) is 49.8 Å².